The number of carbonyl (C=O) groups excluding carboxylic acids is 1. The SMILES string of the molecule is COc1cc(Cl)cn2nc(C(=O)C3=Nc4cc(Br)cnc4CC3)cc12. The molecule has 0 radical (unpaired) electrons. The molecule has 0 saturated heterocycles. The van der Waals surface area contributed by atoms with Gasteiger partial charge in [-0.15, -0.1) is 0 Å². The minimum atomic E-state index is -0.201. The quantitative estimate of drug-likeness (QED) is 0.601. The lowest BCUT2D eigenvalue weighted by Gasteiger charge is -2.13. The molecule has 3 aromatic heterocycles. The van der Waals surface area contributed by atoms with Crippen LogP contribution in [0.2, 0.25) is 5.02 Å². The Bertz CT molecular complexity index is 1040. The summed E-state index contributed by atoms with van der Waals surface area (Å²) < 4.78 is 7.68. The van der Waals surface area contributed by atoms with Crippen molar-refractivity contribution in [3.8, 4) is 5.75 Å². The van der Waals surface area contributed by atoms with E-state index in [4.69, 9.17) is 16.3 Å². The van der Waals surface area contributed by atoms with Crippen LogP contribution in [0.1, 0.15) is 22.6 Å². The third-order valence-electron chi connectivity index (χ3n) is 3.99. The molecule has 126 valence electrons. The smallest absolute Gasteiger partial charge is 0.227 e. The predicted molar refractivity (Wildman–Crippen MR) is 98.4 cm³/mol. The molecule has 4 rings (SSSR count). The molecule has 0 atom stereocenters. The summed E-state index contributed by atoms with van der Waals surface area (Å²) in [6, 6.07) is 5.24. The molecular formula is C17H12BrClN4O2. The Balaban J connectivity index is 1.75. The van der Waals surface area contributed by atoms with Gasteiger partial charge in [-0.2, -0.15) is 5.10 Å². The molecule has 0 unspecified atom stereocenters. The second-order valence-electron chi connectivity index (χ2n) is 5.59. The van der Waals surface area contributed by atoms with E-state index in [1.165, 1.54) is 0 Å². The van der Waals surface area contributed by atoms with E-state index in [9.17, 15) is 4.79 Å². The largest absolute Gasteiger partial charge is 0.494 e. The van der Waals surface area contributed by atoms with Crippen LogP contribution in [-0.4, -0.2) is 33.2 Å². The summed E-state index contributed by atoms with van der Waals surface area (Å²) in [5.41, 5.74) is 3.07. The average molecular weight is 420 g/mol. The number of nitrogens with zero attached hydrogens (tertiary/aromatic N) is 4. The molecule has 0 saturated carbocycles. The fourth-order valence-electron chi connectivity index (χ4n) is 2.80. The van der Waals surface area contributed by atoms with Crippen LogP contribution in [0, 0.1) is 0 Å². The molecule has 4 heterocycles. The highest BCUT2D eigenvalue weighted by Crippen LogP contribution is 2.29. The van der Waals surface area contributed by atoms with Gasteiger partial charge in [0, 0.05) is 22.9 Å². The van der Waals surface area contributed by atoms with Crippen LogP contribution in [0.5, 0.6) is 5.75 Å². The number of carbonyl (C=O) groups is 1. The molecule has 0 aromatic carbocycles. The van der Waals surface area contributed by atoms with Crippen molar-refractivity contribution in [2.75, 3.05) is 7.11 Å². The molecule has 0 spiro atoms. The van der Waals surface area contributed by atoms with E-state index >= 15 is 0 Å². The first-order valence-corrected chi connectivity index (χ1v) is 8.72. The van der Waals surface area contributed by atoms with Gasteiger partial charge in [0.1, 0.15) is 17.0 Å². The fourth-order valence-corrected chi connectivity index (χ4v) is 3.31. The van der Waals surface area contributed by atoms with Crippen molar-refractivity contribution in [2.24, 2.45) is 4.99 Å². The first-order chi connectivity index (χ1) is 12.0. The Kier molecular flexibility index (Phi) is 4.05. The standard InChI is InChI=1S/C17H12BrClN4O2/c1-25-16-5-10(19)8-23-15(16)6-14(22-23)17(24)12-3-2-11-13(21-12)4-9(18)7-20-11/h4-8H,2-3H2,1H3. The van der Waals surface area contributed by atoms with Crippen LogP contribution in [0.15, 0.2) is 40.1 Å². The van der Waals surface area contributed by atoms with Crippen LogP contribution in [0.25, 0.3) is 5.52 Å². The maximum Gasteiger partial charge on any atom is 0.227 e. The number of hydrogen-bond acceptors (Lipinski definition) is 5. The number of pyridine rings is 2. The molecule has 1 aliphatic rings. The van der Waals surface area contributed by atoms with E-state index in [0.717, 1.165) is 10.2 Å². The first-order valence-electron chi connectivity index (χ1n) is 7.55. The molecule has 3 aromatic rings. The number of hydrogen-bond donors (Lipinski definition) is 0. The number of aliphatic imine (C=N–C) groups is 1. The maximum absolute atomic E-state index is 12.8. The minimum Gasteiger partial charge on any atom is -0.494 e. The molecule has 8 heteroatoms. The normalized spacial score (nSPS) is 13.5. The Morgan fingerprint density at radius 2 is 2.16 bits per heavy atom. The van der Waals surface area contributed by atoms with E-state index in [-0.39, 0.29) is 5.78 Å². The number of ketones is 1. The molecule has 6 nitrogen and oxygen atoms in total. The summed E-state index contributed by atoms with van der Waals surface area (Å²) in [5.74, 6) is 0.357. The first kappa shape index (κ1) is 16.2. The maximum atomic E-state index is 12.8. The highest BCUT2D eigenvalue weighted by molar-refractivity contribution is 9.10. The van der Waals surface area contributed by atoms with Crippen molar-refractivity contribution in [3.63, 3.8) is 0 Å². The number of halogens is 2. The number of aromatic nitrogens is 3. The fraction of sp³-hybridized carbons (Fsp3) is 0.176. The van der Waals surface area contributed by atoms with E-state index in [2.05, 4.69) is 31.0 Å². The highest BCUT2D eigenvalue weighted by Gasteiger charge is 2.23. The molecule has 25 heavy (non-hydrogen) atoms. The van der Waals surface area contributed by atoms with Crippen molar-refractivity contribution in [1.29, 1.82) is 0 Å². The number of methoxy groups -OCH3 is 1. The molecule has 0 aliphatic carbocycles. The highest BCUT2D eigenvalue weighted by atomic mass is 79.9. The van der Waals surface area contributed by atoms with Gasteiger partial charge in [-0.3, -0.25) is 9.78 Å². The second kappa shape index (κ2) is 6.24. The average Bonchev–Trinajstić information content (AvgIpc) is 3.03. The third-order valence-corrected chi connectivity index (χ3v) is 4.63. The second-order valence-corrected chi connectivity index (χ2v) is 6.95. The van der Waals surface area contributed by atoms with Gasteiger partial charge in [-0.1, -0.05) is 11.6 Å². The van der Waals surface area contributed by atoms with Crippen molar-refractivity contribution in [3.05, 3.63) is 51.5 Å². The van der Waals surface area contributed by atoms with E-state index < -0.39 is 0 Å². The van der Waals surface area contributed by atoms with Crippen molar-refractivity contribution in [2.45, 2.75) is 12.8 Å². The van der Waals surface area contributed by atoms with Gasteiger partial charge >= 0.3 is 0 Å². The van der Waals surface area contributed by atoms with Gasteiger partial charge in [0.25, 0.3) is 0 Å². The third kappa shape index (κ3) is 2.94. The van der Waals surface area contributed by atoms with E-state index in [0.29, 0.717) is 46.2 Å². The molecule has 1 aliphatic heterocycles. The Labute approximate surface area is 156 Å². The summed E-state index contributed by atoms with van der Waals surface area (Å²) in [6.07, 6.45) is 4.58. The number of fused-ring (bicyclic) bond motifs is 2. The van der Waals surface area contributed by atoms with Crippen molar-refractivity contribution < 1.29 is 9.53 Å². The minimum absolute atomic E-state index is 0.201. The molecule has 0 N–H and O–H groups in total. The zero-order chi connectivity index (χ0) is 17.6. The molecule has 0 amide bonds. The number of Topliss-reactive ketones (excluding diaryl/α,β-unsaturated/α-hetero) is 1. The monoisotopic (exact) mass is 418 g/mol. The lowest BCUT2D eigenvalue weighted by Crippen LogP contribution is -2.18. The Morgan fingerprint density at radius 3 is 2.96 bits per heavy atom. The number of rotatable bonds is 3. The topological polar surface area (TPSA) is 68.8 Å². The van der Waals surface area contributed by atoms with Gasteiger partial charge in [0.15, 0.2) is 0 Å². The van der Waals surface area contributed by atoms with Gasteiger partial charge in [-0.05, 0) is 40.9 Å². The van der Waals surface area contributed by atoms with Crippen LogP contribution >= 0.6 is 27.5 Å². The zero-order valence-corrected chi connectivity index (χ0v) is 15.5. The van der Waals surface area contributed by atoms with Crippen molar-refractivity contribution in [1.82, 2.24) is 14.6 Å². The Hall–Kier alpha value is -2.25. The molecule has 0 bridgehead atoms. The van der Waals surface area contributed by atoms with Crippen LogP contribution in [0.4, 0.5) is 5.69 Å². The summed E-state index contributed by atoms with van der Waals surface area (Å²) in [4.78, 5) is 21.7. The molecular weight excluding hydrogens is 408 g/mol. The predicted octanol–water partition coefficient (Wildman–Crippen LogP) is 4.06. The summed E-state index contributed by atoms with van der Waals surface area (Å²) in [6.45, 7) is 0. The van der Waals surface area contributed by atoms with Crippen molar-refractivity contribution >= 4 is 50.2 Å². The van der Waals surface area contributed by atoms with Gasteiger partial charge in [0.05, 0.1) is 29.2 Å². The lowest BCUT2D eigenvalue weighted by molar-refractivity contribution is 0.105. The number of ether oxygens (including phenoxy) is 1. The summed E-state index contributed by atoms with van der Waals surface area (Å²) in [7, 11) is 1.55. The summed E-state index contributed by atoms with van der Waals surface area (Å²) >= 11 is 9.43. The van der Waals surface area contributed by atoms with Crippen LogP contribution in [0.3, 0.4) is 0 Å². The zero-order valence-electron chi connectivity index (χ0n) is 13.2. The van der Waals surface area contributed by atoms with Crippen LogP contribution < -0.4 is 4.74 Å². The number of aryl methyl sites for hydroxylation is 1. The van der Waals surface area contributed by atoms with Gasteiger partial charge in [0.2, 0.25) is 5.78 Å². The van der Waals surface area contributed by atoms with Gasteiger partial charge < -0.3 is 4.74 Å². The summed E-state index contributed by atoms with van der Waals surface area (Å²) in [5, 5.41) is 4.81. The molecule has 0 fully saturated rings. The van der Waals surface area contributed by atoms with Crippen LogP contribution in [-0.2, 0) is 6.42 Å². The van der Waals surface area contributed by atoms with E-state index in [1.807, 2.05) is 6.07 Å². The Morgan fingerprint density at radius 1 is 1.32 bits per heavy atom. The lowest BCUT2D eigenvalue weighted by atomic mass is 10.0. The van der Waals surface area contributed by atoms with Gasteiger partial charge in [-0.25, -0.2) is 9.51 Å². The van der Waals surface area contributed by atoms with E-state index in [1.54, 1.807) is 36.2 Å².